The summed E-state index contributed by atoms with van der Waals surface area (Å²) in [4.78, 5) is 15.1. The van der Waals surface area contributed by atoms with Crippen LogP contribution in [0.1, 0.15) is 29.6 Å². The summed E-state index contributed by atoms with van der Waals surface area (Å²) in [6.45, 7) is 0.829. The van der Waals surface area contributed by atoms with Gasteiger partial charge < -0.3 is 4.90 Å². The number of carbonyl (C=O) groups excluding carboxylic acids is 1. The number of carbonyl (C=O) groups is 1. The van der Waals surface area contributed by atoms with Gasteiger partial charge in [0, 0.05) is 29.4 Å². The molecule has 0 aliphatic rings. The second-order valence-electron chi connectivity index (χ2n) is 4.20. The third-order valence-electron chi connectivity index (χ3n) is 2.81. The number of amides is 1. The van der Waals surface area contributed by atoms with Crippen LogP contribution in [0.25, 0.3) is 0 Å². The van der Waals surface area contributed by atoms with Gasteiger partial charge >= 0.3 is 0 Å². The Morgan fingerprint density at radius 3 is 2.44 bits per heavy atom. The van der Waals surface area contributed by atoms with E-state index in [1.165, 1.54) is 11.3 Å². The summed E-state index contributed by atoms with van der Waals surface area (Å²) in [6.07, 6.45) is 5.43. The lowest BCUT2D eigenvalue weighted by Crippen LogP contribution is -2.27. The zero-order chi connectivity index (χ0) is 13.4. The fourth-order valence-electron chi connectivity index (χ4n) is 1.68. The number of alkyl halides is 1. The summed E-state index contributed by atoms with van der Waals surface area (Å²) < 4.78 is 0. The lowest BCUT2D eigenvalue weighted by molar-refractivity contribution is 0.0792. The van der Waals surface area contributed by atoms with Crippen LogP contribution < -0.4 is 0 Å². The first-order chi connectivity index (χ1) is 8.69. The number of benzene rings is 1. The molecule has 0 N–H and O–H groups in total. The van der Waals surface area contributed by atoms with Crippen LogP contribution in [0.15, 0.2) is 29.2 Å². The molecule has 100 valence electrons. The lowest BCUT2D eigenvalue weighted by Gasteiger charge is -2.17. The molecule has 4 heteroatoms. The molecule has 18 heavy (non-hydrogen) atoms. The highest BCUT2D eigenvalue weighted by atomic mass is 79.9. The van der Waals surface area contributed by atoms with Crippen molar-refractivity contribution in [2.75, 3.05) is 25.2 Å². The van der Waals surface area contributed by atoms with Crippen molar-refractivity contribution in [3.05, 3.63) is 29.8 Å². The lowest BCUT2D eigenvalue weighted by atomic mass is 10.2. The Bertz CT molecular complexity index is 367. The summed E-state index contributed by atoms with van der Waals surface area (Å²) in [5.41, 5.74) is 0.774. The third-order valence-corrected chi connectivity index (χ3v) is 4.12. The maximum Gasteiger partial charge on any atom is 0.253 e. The number of hydrogen-bond acceptors (Lipinski definition) is 2. The summed E-state index contributed by atoms with van der Waals surface area (Å²) in [5.74, 6) is 0.112. The molecular formula is C14H20BrNOS. The molecule has 1 amide bonds. The maximum absolute atomic E-state index is 12.1. The van der Waals surface area contributed by atoms with E-state index in [0.29, 0.717) is 0 Å². The maximum atomic E-state index is 12.1. The first-order valence-corrected chi connectivity index (χ1v) is 8.49. The highest BCUT2D eigenvalue weighted by Crippen LogP contribution is 2.15. The number of hydrogen-bond donors (Lipinski definition) is 0. The van der Waals surface area contributed by atoms with Crippen LogP contribution in [0.5, 0.6) is 0 Å². The SMILES string of the molecule is CSc1ccc(C(=O)N(C)CCCCCBr)cc1. The van der Waals surface area contributed by atoms with E-state index < -0.39 is 0 Å². The van der Waals surface area contributed by atoms with E-state index >= 15 is 0 Å². The molecule has 0 spiro atoms. The zero-order valence-corrected chi connectivity index (χ0v) is 13.4. The van der Waals surface area contributed by atoms with Gasteiger partial charge in [0.25, 0.3) is 5.91 Å². The third kappa shape index (κ3) is 5.02. The number of thioether (sulfide) groups is 1. The minimum Gasteiger partial charge on any atom is -0.342 e. The molecule has 0 aliphatic heterocycles. The van der Waals surface area contributed by atoms with Crippen molar-refractivity contribution >= 4 is 33.6 Å². The molecule has 1 rings (SSSR count). The van der Waals surface area contributed by atoms with Gasteiger partial charge in [0.2, 0.25) is 0 Å². The van der Waals surface area contributed by atoms with Crippen LogP contribution in [-0.4, -0.2) is 36.0 Å². The number of nitrogens with zero attached hydrogens (tertiary/aromatic N) is 1. The molecule has 0 atom stereocenters. The highest BCUT2D eigenvalue weighted by Gasteiger charge is 2.10. The normalized spacial score (nSPS) is 10.4. The van der Waals surface area contributed by atoms with E-state index in [0.717, 1.165) is 30.3 Å². The summed E-state index contributed by atoms with van der Waals surface area (Å²) >= 11 is 5.10. The average molecular weight is 330 g/mol. The fourth-order valence-corrected chi connectivity index (χ4v) is 2.48. The molecule has 0 bridgehead atoms. The Hall–Kier alpha value is -0.480. The van der Waals surface area contributed by atoms with Crippen molar-refractivity contribution in [2.45, 2.75) is 24.2 Å². The largest absolute Gasteiger partial charge is 0.342 e. The first-order valence-electron chi connectivity index (χ1n) is 6.14. The topological polar surface area (TPSA) is 20.3 Å². The summed E-state index contributed by atoms with van der Waals surface area (Å²) in [7, 11) is 1.87. The van der Waals surface area contributed by atoms with Crippen LogP contribution in [0.4, 0.5) is 0 Å². The Morgan fingerprint density at radius 2 is 1.89 bits per heavy atom. The molecule has 0 saturated heterocycles. The van der Waals surface area contributed by atoms with Crippen LogP contribution in [0.3, 0.4) is 0 Å². The van der Waals surface area contributed by atoms with Gasteiger partial charge in [-0.1, -0.05) is 22.4 Å². The standard InChI is InChI=1S/C14H20BrNOS/c1-16(11-5-3-4-10-15)14(17)12-6-8-13(18-2)9-7-12/h6-9H,3-5,10-11H2,1-2H3. The van der Waals surface area contributed by atoms with Crippen LogP contribution in [0, 0.1) is 0 Å². The molecule has 0 aliphatic carbocycles. The molecule has 0 unspecified atom stereocenters. The Kier molecular flexibility index (Phi) is 7.44. The molecule has 2 nitrogen and oxygen atoms in total. The van der Waals surface area contributed by atoms with Gasteiger partial charge in [-0.25, -0.2) is 0 Å². The van der Waals surface area contributed by atoms with E-state index in [9.17, 15) is 4.79 Å². The average Bonchev–Trinajstić information content (AvgIpc) is 2.42. The zero-order valence-electron chi connectivity index (χ0n) is 11.0. The van der Waals surface area contributed by atoms with Gasteiger partial charge in [0.05, 0.1) is 0 Å². The minimum atomic E-state index is 0.112. The van der Waals surface area contributed by atoms with Gasteiger partial charge in [-0.05, 0) is 43.4 Å². The van der Waals surface area contributed by atoms with Gasteiger partial charge in [0.15, 0.2) is 0 Å². The Balaban J connectivity index is 2.46. The molecule has 0 saturated carbocycles. The Labute approximate surface area is 122 Å². The summed E-state index contributed by atoms with van der Waals surface area (Å²) in [5, 5.41) is 1.04. The van der Waals surface area contributed by atoms with Gasteiger partial charge in [-0.15, -0.1) is 11.8 Å². The van der Waals surface area contributed by atoms with Gasteiger partial charge in [0.1, 0.15) is 0 Å². The van der Waals surface area contributed by atoms with Crippen molar-refractivity contribution in [1.29, 1.82) is 0 Å². The van der Waals surface area contributed by atoms with E-state index in [1.807, 2.05) is 42.5 Å². The Morgan fingerprint density at radius 1 is 1.22 bits per heavy atom. The molecule has 0 heterocycles. The monoisotopic (exact) mass is 329 g/mol. The fraction of sp³-hybridized carbons (Fsp3) is 0.500. The van der Waals surface area contributed by atoms with E-state index in [2.05, 4.69) is 15.9 Å². The van der Waals surface area contributed by atoms with Gasteiger partial charge in [-0.2, -0.15) is 0 Å². The van der Waals surface area contributed by atoms with Crippen LogP contribution in [0.2, 0.25) is 0 Å². The predicted octanol–water partition coefficient (Wildman–Crippen LogP) is 4.05. The molecule has 0 aromatic heterocycles. The van der Waals surface area contributed by atoms with Crippen molar-refractivity contribution in [3.63, 3.8) is 0 Å². The quantitative estimate of drug-likeness (QED) is 0.427. The second kappa shape index (κ2) is 8.59. The molecule has 1 aromatic rings. The summed E-state index contributed by atoms with van der Waals surface area (Å²) in [6, 6.07) is 7.81. The van der Waals surface area contributed by atoms with Crippen molar-refractivity contribution < 1.29 is 4.79 Å². The smallest absolute Gasteiger partial charge is 0.253 e. The van der Waals surface area contributed by atoms with Crippen LogP contribution in [-0.2, 0) is 0 Å². The number of rotatable bonds is 7. The second-order valence-corrected chi connectivity index (χ2v) is 5.88. The first kappa shape index (κ1) is 15.6. The molecule has 0 radical (unpaired) electrons. The predicted molar refractivity (Wildman–Crippen MR) is 82.8 cm³/mol. The van der Waals surface area contributed by atoms with E-state index in [-0.39, 0.29) is 5.91 Å². The van der Waals surface area contributed by atoms with E-state index in [4.69, 9.17) is 0 Å². The van der Waals surface area contributed by atoms with Gasteiger partial charge in [-0.3, -0.25) is 4.79 Å². The van der Waals surface area contributed by atoms with E-state index in [1.54, 1.807) is 11.8 Å². The minimum absolute atomic E-state index is 0.112. The van der Waals surface area contributed by atoms with Crippen LogP contribution >= 0.6 is 27.7 Å². The highest BCUT2D eigenvalue weighted by molar-refractivity contribution is 9.09. The van der Waals surface area contributed by atoms with Crippen molar-refractivity contribution in [3.8, 4) is 0 Å². The number of halogens is 1. The molecule has 0 fully saturated rings. The van der Waals surface area contributed by atoms with Crippen molar-refractivity contribution in [2.24, 2.45) is 0 Å². The number of unbranched alkanes of at least 4 members (excludes halogenated alkanes) is 2. The molecule has 1 aromatic carbocycles. The molecular weight excluding hydrogens is 310 g/mol. The van der Waals surface area contributed by atoms with Crippen molar-refractivity contribution in [1.82, 2.24) is 4.90 Å².